The van der Waals surface area contributed by atoms with E-state index in [0.29, 0.717) is 31.1 Å². The number of nitrogens with one attached hydrogen (secondary N) is 1. The zero-order chi connectivity index (χ0) is 25.0. The molecule has 7 nitrogen and oxygen atoms in total. The largest absolute Gasteiger partial charge is 0.450 e. The molecule has 1 aliphatic heterocycles. The summed E-state index contributed by atoms with van der Waals surface area (Å²) in [5.74, 6) is -0.652. The Bertz CT molecular complexity index is 1170. The van der Waals surface area contributed by atoms with Crippen molar-refractivity contribution < 1.29 is 27.5 Å². The number of likely N-dealkylation sites (tertiary alicyclic amines) is 1. The van der Waals surface area contributed by atoms with Gasteiger partial charge in [-0.15, -0.1) is 0 Å². The van der Waals surface area contributed by atoms with Gasteiger partial charge >= 0.3 is 12.3 Å². The van der Waals surface area contributed by atoms with Crippen LogP contribution in [0.4, 0.5) is 23.7 Å². The highest BCUT2D eigenvalue weighted by atomic mass is 19.4. The zero-order valence-electron chi connectivity index (χ0n) is 19.1. The number of benzene rings is 2. The van der Waals surface area contributed by atoms with Crippen molar-refractivity contribution in [2.45, 2.75) is 31.9 Å². The van der Waals surface area contributed by atoms with Crippen LogP contribution in [0.2, 0.25) is 0 Å². The van der Waals surface area contributed by atoms with Gasteiger partial charge in [-0.25, -0.2) is 9.48 Å². The quantitative estimate of drug-likeness (QED) is 0.518. The lowest BCUT2D eigenvalue weighted by Gasteiger charge is -2.31. The molecule has 2 amide bonds. The number of halogens is 3. The number of carbonyl (C=O) groups is 2. The number of nitrogens with zero attached hydrogens (tertiary/aromatic N) is 3. The van der Waals surface area contributed by atoms with E-state index in [4.69, 9.17) is 4.74 Å². The maximum Gasteiger partial charge on any atom is 0.435 e. The molecular weight excluding hydrogens is 461 g/mol. The maximum atomic E-state index is 13.6. The Kier molecular flexibility index (Phi) is 7.09. The van der Waals surface area contributed by atoms with Crippen molar-refractivity contribution in [1.82, 2.24) is 14.7 Å². The van der Waals surface area contributed by atoms with Crippen LogP contribution in [-0.2, 0) is 10.9 Å². The predicted molar refractivity (Wildman–Crippen MR) is 124 cm³/mol. The van der Waals surface area contributed by atoms with Gasteiger partial charge in [-0.05, 0) is 55.5 Å². The molecular formula is C25H25F3N4O3. The van der Waals surface area contributed by atoms with Crippen LogP contribution >= 0.6 is 0 Å². The first-order valence-electron chi connectivity index (χ1n) is 11.3. The second kappa shape index (κ2) is 10.2. The van der Waals surface area contributed by atoms with Gasteiger partial charge in [0.15, 0.2) is 5.69 Å². The van der Waals surface area contributed by atoms with Crippen LogP contribution in [0.15, 0.2) is 60.8 Å². The molecule has 1 N–H and O–H groups in total. The minimum absolute atomic E-state index is 0.242. The lowest BCUT2D eigenvalue weighted by Crippen LogP contribution is -2.38. The summed E-state index contributed by atoms with van der Waals surface area (Å²) in [5, 5.41) is 6.15. The summed E-state index contributed by atoms with van der Waals surface area (Å²) in [6.45, 7) is 3.29. The Labute approximate surface area is 200 Å². The van der Waals surface area contributed by atoms with Gasteiger partial charge in [0.25, 0.3) is 5.91 Å². The maximum absolute atomic E-state index is 13.6. The van der Waals surface area contributed by atoms with E-state index >= 15 is 0 Å². The third-order valence-corrected chi connectivity index (χ3v) is 5.91. The number of ether oxygens (including phenoxy) is 1. The summed E-state index contributed by atoms with van der Waals surface area (Å²) in [6, 6.07) is 15.3. The van der Waals surface area contributed by atoms with Gasteiger partial charge in [0, 0.05) is 25.0 Å². The molecule has 10 heteroatoms. The molecule has 0 bridgehead atoms. The Morgan fingerprint density at radius 1 is 1.06 bits per heavy atom. The van der Waals surface area contributed by atoms with E-state index < -0.39 is 23.3 Å². The van der Waals surface area contributed by atoms with E-state index in [-0.39, 0.29) is 12.0 Å². The fraction of sp³-hybridized carbons (Fsp3) is 0.320. The molecule has 0 spiro atoms. The van der Waals surface area contributed by atoms with E-state index in [1.54, 1.807) is 54.3 Å². The molecule has 1 fully saturated rings. The van der Waals surface area contributed by atoms with Crippen molar-refractivity contribution in [3.63, 3.8) is 0 Å². The van der Waals surface area contributed by atoms with E-state index in [2.05, 4.69) is 10.4 Å². The standard InChI is InChI=1S/C25H25F3N4O3/c1-2-35-24(34)31-14-12-18(13-15-31)17-8-10-19(11-9-17)29-23(33)21-16-32(20-6-4-3-5-7-20)30-22(21)25(26,27)28/h3-11,16,18H,2,12-15H2,1H3,(H,29,33). The number of piperidine rings is 1. The fourth-order valence-electron chi connectivity index (χ4n) is 4.11. The molecule has 1 saturated heterocycles. The molecule has 0 radical (unpaired) electrons. The Morgan fingerprint density at radius 2 is 1.71 bits per heavy atom. The molecule has 0 unspecified atom stereocenters. The van der Waals surface area contributed by atoms with Crippen LogP contribution in [-0.4, -0.2) is 46.4 Å². The summed E-state index contributed by atoms with van der Waals surface area (Å²) < 4.78 is 46.8. The third-order valence-electron chi connectivity index (χ3n) is 5.91. The van der Waals surface area contributed by atoms with Gasteiger partial charge in [-0.2, -0.15) is 18.3 Å². The summed E-state index contributed by atoms with van der Waals surface area (Å²) in [6.07, 6.45) is -2.46. The summed E-state index contributed by atoms with van der Waals surface area (Å²) in [5.41, 5.74) is 0.0266. The lowest BCUT2D eigenvalue weighted by atomic mass is 9.89. The van der Waals surface area contributed by atoms with Gasteiger partial charge < -0.3 is 15.0 Å². The van der Waals surface area contributed by atoms with Crippen molar-refractivity contribution in [2.75, 3.05) is 25.0 Å². The second-order valence-electron chi connectivity index (χ2n) is 8.21. The number of para-hydroxylation sites is 1. The highest BCUT2D eigenvalue weighted by Crippen LogP contribution is 2.32. The first kappa shape index (κ1) is 24.3. The molecule has 4 rings (SSSR count). The molecule has 0 atom stereocenters. The number of rotatable bonds is 5. The van der Waals surface area contributed by atoms with Crippen molar-refractivity contribution in [2.24, 2.45) is 0 Å². The molecule has 0 aliphatic carbocycles. The van der Waals surface area contributed by atoms with Gasteiger partial charge in [-0.3, -0.25) is 4.79 Å². The van der Waals surface area contributed by atoms with Crippen LogP contribution in [0, 0.1) is 0 Å². The first-order chi connectivity index (χ1) is 16.8. The minimum Gasteiger partial charge on any atom is -0.450 e. The van der Waals surface area contributed by atoms with Crippen LogP contribution in [0.5, 0.6) is 0 Å². The van der Waals surface area contributed by atoms with Crippen molar-refractivity contribution >= 4 is 17.7 Å². The monoisotopic (exact) mass is 486 g/mol. The average Bonchev–Trinajstić information content (AvgIpc) is 3.32. The minimum atomic E-state index is -4.78. The number of carbonyl (C=O) groups excluding carboxylic acids is 2. The van der Waals surface area contributed by atoms with Crippen molar-refractivity contribution in [1.29, 1.82) is 0 Å². The van der Waals surface area contributed by atoms with Crippen LogP contribution in [0.3, 0.4) is 0 Å². The van der Waals surface area contributed by atoms with E-state index in [1.165, 1.54) is 0 Å². The Hall–Kier alpha value is -3.82. The molecule has 35 heavy (non-hydrogen) atoms. The smallest absolute Gasteiger partial charge is 0.435 e. The third kappa shape index (κ3) is 5.64. The number of hydrogen-bond acceptors (Lipinski definition) is 4. The molecule has 1 aromatic heterocycles. The summed E-state index contributed by atoms with van der Waals surface area (Å²) in [4.78, 5) is 26.3. The van der Waals surface area contributed by atoms with Crippen molar-refractivity contribution in [3.8, 4) is 5.69 Å². The summed E-state index contributed by atoms with van der Waals surface area (Å²) >= 11 is 0. The number of aromatic nitrogens is 2. The van der Waals surface area contributed by atoms with Crippen molar-refractivity contribution in [3.05, 3.63) is 77.6 Å². The number of anilines is 1. The molecule has 2 aromatic carbocycles. The van der Waals surface area contributed by atoms with Gasteiger partial charge in [-0.1, -0.05) is 30.3 Å². The molecule has 2 heterocycles. The topological polar surface area (TPSA) is 76.5 Å². The van der Waals surface area contributed by atoms with E-state index in [0.717, 1.165) is 29.3 Å². The van der Waals surface area contributed by atoms with Gasteiger partial charge in [0.1, 0.15) is 0 Å². The van der Waals surface area contributed by atoms with E-state index in [9.17, 15) is 22.8 Å². The molecule has 184 valence electrons. The highest BCUT2D eigenvalue weighted by molar-refractivity contribution is 6.05. The number of hydrogen-bond donors (Lipinski definition) is 1. The summed E-state index contributed by atoms with van der Waals surface area (Å²) in [7, 11) is 0. The molecule has 3 aromatic rings. The van der Waals surface area contributed by atoms with Gasteiger partial charge in [0.05, 0.1) is 17.9 Å². The highest BCUT2D eigenvalue weighted by Gasteiger charge is 2.39. The van der Waals surface area contributed by atoms with E-state index in [1.807, 2.05) is 12.1 Å². The predicted octanol–water partition coefficient (Wildman–Crippen LogP) is 5.48. The Balaban J connectivity index is 1.44. The van der Waals surface area contributed by atoms with Crippen LogP contribution < -0.4 is 5.32 Å². The number of amides is 2. The Morgan fingerprint density at radius 3 is 2.31 bits per heavy atom. The lowest BCUT2D eigenvalue weighted by molar-refractivity contribution is -0.141. The number of alkyl halides is 3. The average molecular weight is 486 g/mol. The first-order valence-corrected chi connectivity index (χ1v) is 11.3. The fourth-order valence-corrected chi connectivity index (χ4v) is 4.11. The normalized spacial score (nSPS) is 14.6. The van der Waals surface area contributed by atoms with Crippen LogP contribution in [0.1, 0.15) is 47.3 Å². The molecule has 0 saturated carbocycles. The van der Waals surface area contributed by atoms with Crippen LogP contribution in [0.25, 0.3) is 5.69 Å². The second-order valence-corrected chi connectivity index (χ2v) is 8.21. The molecule has 1 aliphatic rings. The van der Waals surface area contributed by atoms with Gasteiger partial charge in [0.2, 0.25) is 0 Å². The zero-order valence-corrected chi connectivity index (χ0v) is 19.1. The SMILES string of the molecule is CCOC(=O)N1CCC(c2ccc(NC(=O)c3cn(-c4ccccc4)nc3C(F)(F)F)cc2)CC1.